The Morgan fingerprint density at radius 1 is 1.61 bits per heavy atom. The third kappa shape index (κ3) is 3.00. The Kier molecular flexibility index (Phi) is 4.32. The normalized spacial score (nSPS) is 11.9. The van der Waals surface area contributed by atoms with Gasteiger partial charge in [0.1, 0.15) is 6.54 Å². The van der Waals surface area contributed by atoms with E-state index < -0.39 is 0 Å². The summed E-state index contributed by atoms with van der Waals surface area (Å²) < 4.78 is 1.60. The maximum absolute atomic E-state index is 12.0. The molecule has 0 aromatic carbocycles. The molecule has 1 heterocycles. The number of nitriles is 1. The molecule has 1 rings (SSSR count). The first kappa shape index (κ1) is 14.0. The first-order valence-corrected chi connectivity index (χ1v) is 5.79. The summed E-state index contributed by atoms with van der Waals surface area (Å²) in [5.74, 6) is -0.257. The highest BCUT2D eigenvalue weighted by molar-refractivity contribution is 5.76. The van der Waals surface area contributed by atoms with Crippen molar-refractivity contribution < 1.29 is 4.79 Å². The number of nitrogens with two attached hydrogens (primary N) is 1. The molecule has 0 saturated heterocycles. The third-order valence-electron chi connectivity index (χ3n) is 2.92. The van der Waals surface area contributed by atoms with Crippen molar-refractivity contribution in [3.63, 3.8) is 0 Å². The summed E-state index contributed by atoms with van der Waals surface area (Å²) in [6.07, 6.45) is 0. The van der Waals surface area contributed by atoms with E-state index in [0.29, 0.717) is 12.2 Å². The summed E-state index contributed by atoms with van der Waals surface area (Å²) in [6.45, 7) is 6.00. The number of nitrogen functional groups attached to an aromatic ring is 1. The van der Waals surface area contributed by atoms with Gasteiger partial charge in [-0.1, -0.05) is 0 Å². The summed E-state index contributed by atoms with van der Waals surface area (Å²) in [5, 5.41) is 12.9. The predicted octanol–water partition coefficient (Wildman–Crippen LogP) is 0.700. The number of amides is 1. The molecule has 0 aliphatic rings. The molecule has 6 nitrogen and oxygen atoms in total. The summed E-state index contributed by atoms with van der Waals surface area (Å²) in [7, 11) is 1.69. The number of rotatable bonds is 4. The Morgan fingerprint density at radius 2 is 2.22 bits per heavy atom. The quantitative estimate of drug-likeness (QED) is 0.850. The molecule has 1 unspecified atom stereocenters. The Labute approximate surface area is 107 Å². The Bertz CT molecular complexity index is 485. The fraction of sp³-hybridized carbons (Fsp3) is 0.583. The average Bonchev–Trinajstić information content (AvgIpc) is 2.56. The van der Waals surface area contributed by atoms with Crippen molar-refractivity contribution in [1.29, 1.82) is 5.26 Å². The van der Waals surface area contributed by atoms with Crippen LogP contribution in [0.5, 0.6) is 0 Å². The van der Waals surface area contributed by atoms with Crippen LogP contribution in [0.3, 0.4) is 0 Å². The van der Waals surface area contributed by atoms with Gasteiger partial charge in [-0.15, -0.1) is 0 Å². The van der Waals surface area contributed by atoms with Gasteiger partial charge in [-0.05, 0) is 20.8 Å². The maximum Gasteiger partial charge on any atom is 0.244 e. The van der Waals surface area contributed by atoms with E-state index in [1.165, 1.54) is 0 Å². The largest absolute Gasteiger partial charge is 0.396 e. The highest BCUT2D eigenvalue weighted by Gasteiger charge is 2.15. The smallest absolute Gasteiger partial charge is 0.244 e. The molecule has 1 atom stereocenters. The molecule has 0 bridgehead atoms. The number of carbonyl (C=O) groups excluding carboxylic acids is 1. The monoisotopic (exact) mass is 249 g/mol. The van der Waals surface area contributed by atoms with E-state index in [2.05, 4.69) is 11.2 Å². The van der Waals surface area contributed by atoms with Crippen LogP contribution in [-0.2, 0) is 11.3 Å². The number of anilines is 1. The van der Waals surface area contributed by atoms with Gasteiger partial charge in [0.15, 0.2) is 0 Å². The zero-order valence-electron chi connectivity index (χ0n) is 11.3. The van der Waals surface area contributed by atoms with E-state index in [1.807, 2.05) is 13.8 Å². The minimum absolute atomic E-state index is 0.0808. The molecule has 1 aromatic heterocycles. The van der Waals surface area contributed by atoms with Crippen molar-refractivity contribution in [3.05, 3.63) is 11.4 Å². The first-order chi connectivity index (χ1) is 8.36. The predicted molar refractivity (Wildman–Crippen MR) is 68.5 cm³/mol. The van der Waals surface area contributed by atoms with E-state index in [-0.39, 0.29) is 18.4 Å². The highest BCUT2D eigenvalue weighted by Crippen LogP contribution is 2.14. The molecule has 0 aliphatic heterocycles. The molecule has 98 valence electrons. The maximum atomic E-state index is 12.0. The minimum Gasteiger partial charge on any atom is -0.396 e. The molecule has 0 radical (unpaired) electrons. The lowest BCUT2D eigenvalue weighted by Crippen LogP contribution is -2.33. The fourth-order valence-corrected chi connectivity index (χ4v) is 1.67. The topological polar surface area (TPSA) is 87.9 Å². The molecule has 1 aromatic rings. The minimum atomic E-state index is -0.176. The fourth-order valence-electron chi connectivity index (χ4n) is 1.67. The van der Waals surface area contributed by atoms with Crippen molar-refractivity contribution in [2.75, 3.05) is 19.3 Å². The number of hydrogen-bond donors (Lipinski definition) is 1. The van der Waals surface area contributed by atoms with Gasteiger partial charge in [0.05, 0.1) is 29.1 Å². The molecule has 0 saturated carbocycles. The van der Waals surface area contributed by atoms with Gasteiger partial charge in [-0.2, -0.15) is 10.4 Å². The number of aryl methyl sites for hydroxylation is 1. The number of hydrogen-bond acceptors (Lipinski definition) is 4. The van der Waals surface area contributed by atoms with Crippen LogP contribution >= 0.6 is 0 Å². The molecule has 0 spiro atoms. The second kappa shape index (κ2) is 5.54. The SMILES string of the molecule is Cc1nn(CC(=O)N(C)CC(C)C#N)c(C)c1N. The zero-order chi connectivity index (χ0) is 13.9. The third-order valence-corrected chi connectivity index (χ3v) is 2.92. The summed E-state index contributed by atoms with van der Waals surface area (Å²) in [5.41, 5.74) is 7.95. The number of aromatic nitrogens is 2. The van der Waals surface area contributed by atoms with Crippen LogP contribution in [0.15, 0.2) is 0 Å². The first-order valence-electron chi connectivity index (χ1n) is 5.79. The molecule has 0 fully saturated rings. The number of nitrogens with zero attached hydrogens (tertiary/aromatic N) is 4. The molecule has 0 aliphatic carbocycles. The van der Waals surface area contributed by atoms with Gasteiger partial charge in [0, 0.05) is 13.6 Å². The lowest BCUT2D eigenvalue weighted by molar-refractivity contribution is -0.131. The van der Waals surface area contributed by atoms with E-state index >= 15 is 0 Å². The highest BCUT2D eigenvalue weighted by atomic mass is 16.2. The van der Waals surface area contributed by atoms with Crippen molar-refractivity contribution in [2.45, 2.75) is 27.3 Å². The van der Waals surface area contributed by atoms with Crippen LogP contribution in [0.1, 0.15) is 18.3 Å². The summed E-state index contributed by atoms with van der Waals surface area (Å²) >= 11 is 0. The van der Waals surface area contributed by atoms with Crippen LogP contribution in [0.4, 0.5) is 5.69 Å². The second-order valence-electron chi connectivity index (χ2n) is 4.55. The molecule has 18 heavy (non-hydrogen) atoms. The van der Waals surface area contributed by atoms with E-state index in [4.69, 9.17) is 11.0 Å². The van der Waals surface area contributed by atoms with Crippen LogP contribution in [0, 0.1) is 31.1 Å². The van der Waals surface area contributed by atoms with Crippen LogP contribution in [-0.4, -0.2) is 34.2 Å². The second-order valence-corrected chi connectivity index (χ2v) is 4.55. The van der Waals surface area contributed by atoms with Crippen molar-refractivity contribution in [2.24, 2.45) is 5.92 Å². The Hall–Kier alpha value is -2.03. The lowest BCUT2D eigenvalue weighted by atomic mass is 10.2. The zero-order valence-corrected chi connectivity index (χ0v) is 11.3. The van der Waals surface area contributed by atoms with Crippen LogP contribution < -0.4 is 5.73 Å². The summed E-state index contributed by atoms with van der Waals surface area (Å²) in [6, 6.07) is 2.10. The molecule has 1 amide bonds. The molecule has 2 N–H and O–H groups in total. The standard InChI is InChI=1S/C12H19N5O/c1-8(5-13)6-16(4)11(18)7-17-10(3)12(14)9(2)15-17/h8H,6-7,14H2,1-4H3. The van der Waals surface area contributed by atoms with E-state index in [9.17, 15) is 4.79 Å². The van der Waals surface area contributed by atoms with Crippen LogP contribution in [0.25, 0.3) is 0 Å². The number of carbonyl (C=O) groups is 1. The van der Waals surface area contributed by atoms with Gasteiger partial charge in [0.2, 0.25) is 5.91 Å². The molecule has 6 heteroatoms. The number of likely N-dealkylation sites (N-methyl/N-ethyl adjacent to an activating group) is 1. The van der Waals surface area contributed by atoms with Gasteiger partial charge >= 0.3 is 0 Å². The Morgan fingerprint density at radius 3 is 2.67 bits per heavy atom. The van der Waals surface area contributed by atoms with Crippen molar-refractivity contribution >= 4 is 11.6 Å². The Balaban J connectivity index is 2.70. The van der Waals surface area contributed by atoms with Gasteiger partial charge in [0.25, 0.3) is 0 Å². The molecular formula is C12H19N5O. The molecular weight excluding hydrogens is 230 g/mol. The average molecular weight is 249 g/mol. The van der Waals surface area contributed by atoms with Crippen molar-refractivity contribution in [1.82, 2.24) is 14.7 Å². The lowest BCUT2D eigenvalue weighted by Gasteiger charge is -2.18. The van der Waals surface area contributed by atoms with Crippen LogP contribution in [0.2, 0.25) is 0 Å². The van der Waals surface area contributed by atoms with Gasteiger partial charge < -0.3 is 10.6 Å². The summed E-state index contributed by atoms with van der Waals surface area (Å²) in [4.78, 5) is 13.5. The van der Waals surface area contributed by atoms with Gasteiger partial charge in [-0.25, -0.2) is 0 Å². The van der Waals surface area contributed by atoms with Crippen molar-refractivity contribution in [3.8, 4) is 6.07 Å². The van der Waals surface area contributed by atoms with E-state index in [1.54, 1.807) is 23.6 Å². The van der Waals surface area contributed by atoms with Gasteiger partial charge in [-0.3, -0.25) is 9.48 Å². The van der Waals surface area contributed by atoms with E-state index in [0.717, 1.165) is 11.4 Å².